The summed E-state index contributed by atoms with van der Waals surface area (Å²) in [5, 5.41) is 3.34. The molecule has 2 aliphatic rings. The smallest absolute Gasteiger partial charge is 0.158 e. The fourth-order valence-corrected chi connectivity index (χ4v) is 2.78. The lowest BCUT2D eigenvalue weighted by molar-refractivity contribution is -0.0343. The van der Waals surface area contributed by atoms with E-state index in [2.05, 4.69) is 22.1 Å². The molecule has 1 unspecified atom stereocenters. The zero-order valence-corrected chi connectivity index (χ0v) is 11.6. The van der Waals surface area contributed by atoms with Gasteiger partial charge < -0.3 is 10.1 Å². The minimum absolute atomic E-state index is 0.0421. The van der Waals surface area contributed by atoms with E-state index in [1.54, 1.807) is 0 Å². The molecule has 3 rings (SSSR count). The summed E-state index contributed by atoms with van der Waals surface area (Å²) in [4.78, 5) is 11.7. The first-order valence-corrected chi connectivity index (χ1v) is 7.26. The van der Waals surface area contributed by atoms with Crippen molar-refractivity contribution in [3.8, 4) is 0 Å². The van der Waals surface area contributed by atoms with E-state index in [0.717, 1.165) is 51.6 Å². The van der Waals surface area contributed by atoms with Gasteiger partial charge in [-0.2, -0.15) is 0 Å². The summed E-state index contributed by atoms with van der Waals surface area (Å²) < 4.78 is 5.85. The molecule has 0 aromatic carbocycles. The van der Waals surface area contributed by atoms with Crippen LogP contribution in [-0.4, -0.2) is 47.7 Å². The predicted molar refractivity (Wildman–Crippen MR) is 72.9 cm³/mol. The zero-order chi connectivity index (χ0) is 13.1. The van der Waals surface area contributed by atoms with Gasteiger partial charge in [-0.05, 0) is 13.0 Å². The van der Waals surface area contributed by atoms with Crippen LogP contribution in [0, 0.1) is 0 Å². The number of hydrogen-bond acceptors (Lipinski definition) is 5. The van der Waals surface area contributed by atoms with Gasteiger partial charge in [0.1, 0.15) is 6.10 Å². The Morgan fingerprint density at radius 2 is 2.47 bits per heavy atom. The highest BCUT2D eigenvalue weighted by atomic mass is 16.5. The molecule has 1 aromatic rings. The fraction of sp³-hybridized carbons (Fsp3) is 0.714. The Morgan fingerprint density at radius 1 is 1.53 bits per heavy atom. The first-order valence-electron chi connectivity index (χ1n) is 7.26. The molecule has 1 saturated heterocycles. The Morgan fingerprint density at radius 3 is 3.37 bits per heavy atom. The van der Waals surface area contributed by atoms with E-state index >= 15 is 0 Å². The number of ether oxygens (including phenoxy) is 1. The first kappa shape index (κ1) is 13.0. The van der Waals surface area contributed by atoms with Gasteiger partial charge in [0.2, 0.25) is 0 Å². The molecule has 2 aliphatic heterocycles. The van der Waals surface area contributed by atoms with Crippen molar-refractivity contribution in [1.29, 1.82) is 0 Å². The molecule has 1 N–H and O–H groups in total. The molecule has 1 fully saturated rings. The van der Waals surface area contributed by atoms with Gasteiger partial charge in [0, 0.05) is 50.1 Å². The van der Waals surface area contributed by atoms with Gasteiger partial charge in [-0.25, -0.2) is 9.97 Å². The maximum Gasteiger partial charge on any atom is 0.158 e. The summed E-state index contributed by atoms with van der Waals surface area (Å²) in [6, 6.07) is 0. The van der Waals surface area contributed by atoms with Crippen molar-refractivity contribution in [2.75, 3.05) is 32.8 Å². The standard InChI is InChI=1S/C14H22N4O/c1-2-5-18-6-7-19-13(10-18)14-16-9-11-8-15-4-3-12(11)17-14/h9,13,15H,2-8,10H2,1H3. The van der Waals surface area contributed by atoms with Gasteiger partial charge in [0.05, 0.1) is 6.61 Å². The average Bonchev–Trinajstić information content (AvgIpc) is 2.47. The Hall–Kier alpha value is -1.04. The highest BCUT2D eigenvalue weighted by Crippen LogP contribution is 2.21. The number of rotatable bonds is 3. The van der Waals surface area contributed by atoms with E-state index in [1.165, 1.54) is 17.7 Å². The molecule has 1 atom stereocenters. The number of nitrogens with one attached hydrogen (secondary N) is 1. The van der Waals surface area contributed by atoms with Gasteiger partial charge in [-0.15, -0.1) is 0 Å². The number of fused-ring (bicyclic) bond motifs is 1. The maximum absolute atomic E-state index is 5.85. The van der Waals surface area contributed by atoms with Gasteiger partial charge in [0.15, 0.2) is 5.82 Å². The van der Waals surface area contributed by atoms with Gasteiger partial charge in [-0.1, -0.05) is 6.92 Å². The molecule has 5 heteroatoms. The van der Waals surface area contributed by atoms with Crippen LogP contribution in [0.15, 0.2) is 6.20 Å². The quantitative estimate of drug-likeness (QED) is 0.877. The number of nitrogens with zero attached hydrogens (tertiary/aromatic N) is 3. The third kappa shape index (κ3) is 2.94. The molecule has 5 nitrogen and oxygen atoms in total. The van der Waals surface area contributed by atoms with E-state index in [1.807, 2.05) is 6.20 Å². The second kappa shape index (κ2) is 5.94. The molecule has 1 aromatic heterocycles. The van der Waals surface area contributed by atoms with Crippen LogP contribution in [0.25, 0.3) is 0 Å². The average molecular weight is 262 g/mol. The molecule has 0 spiro atoms. The minimum Gasteiger partial charge on any atom is -0.368 e. The van der Waals surface area contributed by atoms with E-state index in [9.17, 15) is 0 Å². The van der Waals surface area contributed by atoms with Crippen molar-refractivity contribution in [2.24, 2.45) is 0 Å². The highest BCUT2D eigenvalue weighted by molar-refractivity contribution is 5.21. The molecule has 104 valence electrons. The predicted octanol–water partition coefficient (Wildman–Crippen LogP) is 0.906. The fourth-order valence-electron chi connectivity index (χ4n) is 2.78. The van der Waals surface area contributed by atoms with Crippen LogP contribution >= 0.6 is 0 Å². The lowest BCUT2D eigenvalue weighted by Gasteiger charge is -2.32. The van der Waals surface area contributed by atoms with Crippen molar-refractivity contribution in [2.45, 2.75) is 32.4 Å². The Bertz CT molecular complexity index is 435. The van der Waals surface area contributed by atoms with E-state index in [0.29, 0.717) is 0 Å². The molecule has 0 bridgehead atoms. The summed E-state index contributed by atoms with van der Waals surface area (Å²) in [5.74, 6) is 0.862. The third-order valence-corrected chi connectivity index (χ3v) is 3.81. The van der Waals surface area contributed by atoms with Crippen LogP contribution in [0.5, 0.6) is 0 Å². The van der Waals surface area contributed by atoms with E-state index in [4.69, 9.17) is 9.72 Å². The molecule has 0 radical (unpaired) electrons. The van der Waals surface area contributed by atoms with Crippen molar-refractivity contribution in [3.63, 3.8) is 0 Å². The number of morpholine rings is 1. The SMILES string of the molecule is CCCN1CCOC(c2ncc3c(n2)CCNC3)C1. The summed E-state index contributed by atoms with van der Waals surface area (Å²) >= 11 is 0. The molecule has 0 amide bonds. The number of hydrogen-bond donors (Lipinski definition) is 1. The Kier molecular flexibility index (Phi) is 4.06. The zero-order valence-electron chi connectivity index (χ0n) is 11.6. The van der Waals surface area contributed by atoms with Crippen molar-refractivity contribution in [3.05, 3.63) is 23.3 Å². The minimum atomic E-state index is 0.0421. The summed E-state index contributed by atoms with van der Waals surface area (Å²) in [7, 11) is 0. The van der Waals surface area contributed by atoms with Crippen molar-refractivity contribution in [1.82, 2.24) is 20.2 Å². The first-order chi connectivity index (χ1) is 9.36. The van der Waals surface area contributed by atoms with Crippen molar-refractivity contribution < 1.29 is 4.74 Å². The molecular formula is C14H22N4O. The molecule has 3 heterocycles. The third-order valence-electron chi connectivity index (χ3n) is 3.81. The Labute approximate surface area is 114 Å². The molecule has 19 heavy (non-hydrogen) atoms. The van der Waals surface area contributed by atoms with Crippen LogP contribution in [0.2, 0.25) is 0 Å². The lowest BCUT2D eigenvalue weighted by Crippen LogP contribution is -2.39. The topological polar surface area (TPSA) is 50.3 Å². The summed E-state index contributed by atoms with van der Waals surface area (Å²) in [6.45, 7) is 7.98. The largest absolute Gasteiger partial charge is 0.368 e. The summed E-state index contributed by atoms with van der Waals surface area (Å²) in [5.41, 5.74) is 2.43. The summed E-state index contributed by atoms with van der Waals surface area (Å²) in [6.07, 6.45) is 4.19. The number of aromatic nitrogens is 2. The van der Waals surface area contributed by atoms with Crippen LogP contribution in [0.3, 0.4) is 0 Å². The molecular weight excluding hydrogens is 240 g/mol. The van der Waals surface area contributed by atoms with Gasteiger partial charge in [0.25, 0.3) is 0 Å². The van der Waals surface area contributed by atoms with Gasteiger partial charge in [-0.3, -0.25) is 4.90 Å². The van der Waals surface area contributed by atoms with Crippen LogP contribution in [-0.2, 0) is 17.7 Å². The monoisotopic (exact) mass is 262 g/mol. The second-order valence-electron chi connectivity index (χ2n) is 5.29. The van der Waals surface area contributed by atoms with E-state index < -0.39 is 0 Å². The maximum atomic E-state index is 5.85. The van der Waals surface area contributed by atoms with Crippen LogP contribution in [0.1, 0.15) is 36.5 Å². The normalized spacial score (nSPS) is 24.2. The molecule has 0 aliphatic carbocycles. The van der Waals surface area contributed by atoms with Crippen molar-refractivity contribution >= 4 is 0 Å². The molecule has 0 saturated carbocycles. The Balaban J connectivity index is 1.74. The highest BCUT2D eigenvalue weighted by Gasteiger charge is 2.24. The van der Waals surface area contributed by atoms with Crippen LogP contribution < -0.4 is 5.32 Å². The van der Waals surface area contributed by atoms with Gasteiger partial charge >= 0.3 is 0 Å². The van der Waals surface area contributed by atoms with E-state index in [-0.39, 0.29) is 6.10 Å². The van der Waals surface area contributed by atoms with Crippen LogP contribution in [0.4, 0.5) is 0 Å². The lowest BCUT2D eigenvalue weighted by atomic mass is 10.1. The second-order valence-corrected chi connectivity index (χ2v) is 5.29.